The average Bonchev–Trinajstić information content (AvgIpc) is 2.13. The van der Waals surface area contributed by atoms with Crippen molar-refractivity contribution in [3.63, 3.8) is 0 Å². The van der Waals surface area contributed by atoms with Gasteiger partial charge < -0.3 is 4.79 Å². The molecule has 0 radical (unpaired) electrons. The minimum absolute atomic E-state index is 0.618. The molecule has 0 spiro atoms. The molecule has 0 amide bonds. The van der Waals surface area contributed by atoms with Crippen molar-refractivity contribution in [3.8, 4) is 0 Å². The lowest BCUT2D eigenvalue weighted by atomic mass is 10.0. The van der Waals surface area contributed by atoms with E-state index in [1.807, 2.05) is 13.0 Å². The molecule has 0 aromatic heterocycles. The maximum atomic E-state index is 10.2. The normalized spacial score (nSPS) is 11.1. The zero-order valence-electron chi connectivity index (χ0n) is 9.09. The monoisotopic (exact) mass is 192 g/mol. The summed E-state index contributed by atoms with van der Waals surface area (Å²) in [6.45, 7) is 9.59. The first-order valence-corrected chi connectivity index (χ1v) is 5.07. The Morgan fingerprint density at radius 2 is 2.00 bits per heavy atom. The van der Waals surface area contributed by atoms with Gasteiger partial charge in [-0.25, -0.2) is 0 Å². The summed E-state index contributed by atoms with van der Waals surface area (Å²) >= 11 is 0. The molecular weight excluding hydrogens is 172 g/mol. The maximum absolute atomic E-state index is 10.2. The van der Waals surface area contributed by atoms with Crippen LogP contribution in [0.1, 0.15) is 39.0 Å². The Kier molecular flexibility index (Phi) is 7.81. The number of hydrogen-bond donors (Lipinski definition) is 0. The third kappa shape index (κ3) is 7.53. The molecule has 1 heteroatoms. The fourth-order valence-corrected chi connectivity index (χ4v) is 1.24. The zero-order valence-corrected chi connectivity index (χ0v) is 9.09. The number of hydrogen-bond acceptors (Lipinski definition) is 1. The molecule has 0 rings (SSSR count). The van der Waals surface area contributed by atoms with Gasteiger partial charge in [0, 0.05) is 6.42 Å². The Morgan fingerprint density at radius 3 is 2.50 bits per heavy atom. The maximum Gasteiger partial charge on any atom is 0.120 e. The molecule has 0 N–H and O–H groups in total. The summed E-state index contributed by atoms with van der Waals surface area (Å²) in [5, 5.41) is 0. The average molecular weight is 192 g/mol. The van der Waals surface area contributed by atoms with Crippen LogP contribution in [-0.4, -0.2) is 6.29 Å². The third-order valence-corrected chi connectivity index (χ3v) is 1.99. The van der Waals surface area contributed by atoms with Crippen molar-refractivity contribution in [2.24, 2.45) is 0 Å². The van der Waals surface area contributed by atoms with E-state index in [0.29, 0.717) is 6.42 Å². The van der Waals surface area contributed by atoms with E-state index in [9.17, 15) is 4.79 Å². The van der Waals surface area contributed by atoms with Crippen LogP contribution in [0.15, 0.2) is 36.5 Å². The van der Waals surface area contributed by atoms with E-state index in [4.69, 9.17) is 0 Å². The van der Waals surface area contributed by atoms with E-state index in [2.05, 4.69) is 19.2 Å². The van der Waals surface area contributed by atoms with Crippen LogP contribution in [0.3, 0.4) is 0 Å². The van der Waals surface area contributed by atoms with Gasteiger partial charge in [-0.2, -0.15) is 0 Å². The van der Waals surface area contributed by atoms with E-state index < -0.39 is 0 Å². The molecule has 0 aromatic rings. The number of carbonyl (C=O) groups excluding carboxylic acids is 1. The van der Waals surface area contributed by atoms with Gasteiger partial charge in [0.1, 0.15) is 6.29 Å². The van der Waals surface area contributed by atoms with E-state index in [1.165, 1.54) is 11.1 Å². The summed E-state index contributed by atoms with van der Waals surface area (Å²) in [4.78, 5) is 10.2. The van der Waals surface area contributed by atoms with Gasteiger partial charge in [0.25, 0.3) is 0 Å². The largest absolute Gasteiger partial charge is 0.303 e. The first kappa shape index (κ1) is 12.9. The quantitative estimate of drug-likeness (QED) is 0.422. The second kappa shape index (κ2) is 8.49. The van der Waals surface area contributed by atoms with Crippen LogP contribution in [0.25, 0.3) is 0 Å². The van der Waals surface area contributed by atoms with Crippen LogP contribution < -0.4 is 0 Å². The SMILES string of the molecule is C=CC/C(=C\CCC(=C)C)CCC=O. The minimum Gasteiger partial charge on any atom is -0.303 e. The Morgan fingerprint density at radius 1 is 1.29 bits per heavy atom. The zero-order chi connectivity index (χ0) is 10.8. The van der Waals surface area contributed by atoms with Crippen molar-refractivity contribution in [1.82, 2.24) is 0 Å². The first-order chi connectivity index (χ1) is 6.70. The molecule has 0 atom stereocenters. The molecule has 0 aliphatic carbocycles. The van der Waals surface area contributed by atoms with Crippen LogP contribution >= 0.6 is 0 Å². The topological polar surface area (TPSA) is 17.1 Å². The van der Waals surface area contributed by atoms with Crippen molar-refractivity contribution in [1.29, 1.82) is 0 Å². The summed E-state index contributed by atoms with van der Waals surface area (Å²) in [6.07, 6.45) is 9.49. The highest BCUT2D eigenvalue weighted by atomic mass is 16.1. The molecule has 0 bridgehead atoms. The second-order valence-corrected chi connectivity index (χ2v) is 3.56. The predicted octanol–water partition coefficient (Wildman–Crippen LogP) is 3.82. The number of carbonyl (C=O) groups is 1. The van der Waals surface area contributed by atoms with Crippen LogP contribution in [0, 0.1) is 0 Å². The Hall–Kier alpha value is -1.11. The molecule has 14 heavy (non-hydrogen) atoms. The molecule has 0 saturated heterocycles. The van der Waals surface area contributed by atoms with E-state index in [1.54, 1.807) is 0 Å². The molecule has 0 aliphatic heterocycles. The smallest absolute Gasteiger partial charge is 0.120 e. The lowest BCUT2D eigenvalue weighted by Gasteiger charge is -2.02. The van der Waals surface area contributed by atoms with E-state index in [-0.39, 0.29) is 0 Å². The summed E-state index contributed by atoms with van der Waals surface area (Å²) in [7, 11) is 0. The highest BCUT2D eigenvalue weighted by Crippen LogP contribution is 2.12. The second-order valence-electron chi connectivity index (χ2n) is 3.56. The molecule has 1 nitrogen and oxygen atoms in total. The van der Waals surface area contributed by atoms with Crippen molar-refractivity contribution in [2.45, 2.75) is 39.0 Å². The number of aldehydes is 1. The van der Waals surface area contributed by atoms with Gasteiger partial charge in [-0.1, -0.05) is 23.3 Å². The molecule has 0 aliphatic rings. The molecule has 78 valence electrons. The Labute approximate surface area is 87.2 Å². The Balaban J connectivity index is 3.95. The van der Waals surface area contributed by atoms with Crippen molar-refractivity contribution >= 4 is 6.29 Å². The molecular formula is C13H20O. The fourth-order valence-electron chi connectivity index (χ4n) is 1.24. The highest BCUT2D eigenvalue weighted by Gasteiger charge is 1.94. The van der Waals surface area contributed by atoms with Gasteiger partial charge in [-0.3, -0.25) is 0 Å². The van der Waals surface area contributed by atoms with Crippen LogP contribution in [0.5, 0.6) is 0 Å². The fraction of sp³-hybridized carbons (Fsp3) is 0.462. The summed E-state index contributed by atoms with van der Waals surface area (Å²) < 4.78 is 0. The van der Waals surface area contributed by atoms with Gasteiger partial charge in [0.05, 0.1) is 0 Å². The number of allylic oxidation sites excluding steroid dienone is 4. The number of rotatable bonds is 8. The molecule has 0 aromatic carbocycles. The Bertz CT molecular complexity index is 223. The van der Waals surface area contributed by atoms with Crippen LogP contribution in [-0.2, 0) is 4.79 Å². The lowest BCUT2D eigenvalue weighted by molar-refractivity contribution is -0.107. The van der Waals surface area contributed by atoms with E-state index >= 15 is 0 Å². The standard InChI is InChI=1S/C13H20O/c1-4-7-13(10-6-11-14)9-5-8-12(2)3/h4,9,11H,1-2,5-8,10H2,3H3/b13-9+. The summed E-state index contributed by atoms with van der Waals surface area (Å²) in [5.74, 6) is 0. The van der Waals surface area contributed by atoms with Crippen LogP contribution in [0.2, 0.25) is 0 Å². The van der Waals surface area contributed by atoms with Gasteiger partial charge in [-0.05, 0) is 32.6 Å². The molecule has 0 unspecified atom stereocenters. The van der Waals surface area contributed by atoms with Crippen LogP contribution in [0.4, 0.5) is 0 Å². The van der Waals surface area contributed by atoms with Gasteiger partial charge in [0.2, 0.25) is 0 Å². The lowest BCUT2D eigenvalue weighted by Crippen LogP contribution is -1.85. The molecule has 0 fully saturated rings. The first-order valence-electron chi connectivity index (χ1n) is 5.07. The van der Waals surface area contributed by atoms with Crippen molar-refractivity contribution in [2.75, 3.05) is 0 Å². The molecule has 0 heterocycles. The third-order valence-electron chi connectivity index (χ3n) is 1.99. The van der Waals surface area contributed by atoms with E-state index in [0.717, 1.165) is 32.0 Å². The van der Waals surface area contributed by atoms with Crippen molar-refractivity contribution in [3.05, 3.63) is 36.5 Å². The summed E-state index contributed by atoms with van der Waals surface area (Å²) in [6, 6.07) is 0. The van der Waals surface area contributed by atoms with Crippen molar-refractivity contribution < 1.29 is 4.79 Å². The predicted molar refractivity (Wildman–Crippen MR) is 62.2 cm³/mol. The van der Waals surface area contributed by atoms with Gasteiger partial charge >= 0.3 is 0 Å². The highest BCUT2D eigenvalue weighted by molar-refractivity contribution is 5.49. The van der Waals surface area contributed by atoms with Gasteiger partial charge in [0.15, 0.2) is 0 Å². The van der Waals surface area contributed by atoms with Gasteiger partial charge in [-0.15, -0.1) is 13.2 Å². The summed E-state index contributed by atoms with van der Waals surface area (Å²) in [5.41, 5.74) is 2.52. The minimum atomic E-state index is 0.618. The molecule has 0 saturated carbocycles.